The summed E-state index contributed by atoms with van der Waals surface area (Å²) >= 11 is 5.47. The SMILES string of the molecule is CNC1CCCN(Cc2cc(C)c(Br)s2)C1. The molecule has 4 heteroatoms. The largest absolute Gasteiger partial charge is 0.316 e. The minimum absolute atomic E-state index is 0.679. The van der Waals surface area contributed by atoms with Gasteiger partial charge in [-0.05, 0) is 60.9 Å². The summed E-state index contributed by atoms with van der Waals surface area (Å²) in [6.45, 7) is 5.70. The van der Waals surface area contributed by atoms with Gasteiger partial charge in [-0.1, -0.05) is 0 Å². The fourth-order valence-electron chi connectivity index (χ4n) is 2.26. The summed E-state index contributed by atoms with van der Waals surface area (Å²) in [4.78, 5) is 4.03. The third-order valence-electron chi connectivity index (χ3n) is 3.20. The summed E-state index contributed by atoms with van der Waals surface area (Å²) in [5, 5.41) is 3.39. The van der Waals surface area contributed by atoms with Gasteiger partial charge < -0.3 is 5.32 Å². The van der Waals surface area contributed by atoms with Crippen LogP contribution in [-0.2, 0) is 6.54 Å². The van der Waals surface area contributed by atoms with Crippen molar-refractivity contribution in [3.8, 4) is 0 Å². The summed E-state index contributed by atoms with van der Waals surface area (Å²) < 4.78 is 1.28. The lowest BCUT2D eigenvalue weighted by atomic mass is 10.1. The van der Waals surface area contributed by atoms with Gasteiger partial charge in [0.2, 0.25) is 0 Å². The van der Waals surface area contributed by atoms with Gasteiger partial charge in [0.1, 0.15) is 0 Å². The van der Waals surface area contributed by atoms with Gasteiger partial charge in [-0.2, -0.15) is 0 Å². The summed E-state index contributed by atoms with van der Waals surface area (Å²) in [5.41, 5.74) is 1.36. The molecule has 1 atom stereocenters. The van der Waals surface area contributed by atoms with Crippen LogP contribution in [-0.4, -0.2) is 31.1 Å². The first-order chi connectivity index (χ1) is 7.69. The predicted octanol–water partition coefficient (Wildman–Crippen LogP) is 3.00. The number of nitrogens with zero attached hydrogens (tertiary/aromatic N) is 1. The Morgan fingerprint density at radius 3 is 3.06 bits per heavy atom. The second kappa shape index (κ2) is 5.63. The lowest BCUT2D eigenvalue weighted by Gasteiger charge is -2.32. The number of rotatable bonds is 3. The van der Waals surface area contributed by atoms with Crippen molar-refractivity contribution < 1.29 is 0 Å². The van der Waals surface area contributed by atoms with Gasteiger partial charge in [0.05, 0.1) is 3.79 Å². The molecule has 16 heavy (non-hydrogen) atoms. The van der Waals surface area contributed by atoms with E-state index in [0.29, 0.717) is 6.04 Å². The maximum atomic E-state index is 3.59. The average molecular weight is 303 g/mol. The van der Waals surface area contributed by atoms with Gasteiger partial charge in [0.15, 0.2) is 0 Å². The molecular weight excluding hydrogens is 284 g/mol. The van der Waals surface area contributed by atoms with E-state index in [4.69, 9.17) is 0 Å². The van der Waals surface area contributed by atoms with Crippen molar-refractivity contribution in [1.82, 2.24) is 10.2 Å². The number of hydrogen-bond acceptors (Lipinski definition) is 3. The number of likely N-dealkylation sites (tertiary alicyclic amines) is 1. The van der Waals surface area contributed by atoms with Crippen molar-refractivity contribution >= 4 is 27.3 Å². The van der Waals surface area contributed by atoms with E-state index >= 15 is 0 Å². The third-order valence-corrected chi connectivity index (χ3v) is 5.32. The van der Waals surface area contributed by atoms with Crippen LogP contribution in [0.1, 0.15) is 23.3 Å². The third kappa shape index (κ3) is 3.06. The number of nitrogens with one attached hydrogen (secondary N) is 1. The summed E-state index contributed by atoms with van der Waals surface area (Å²) in [5.74, 6) is 0. The quantitative estimate of drug-likeness (QED) is 0.923. The van der Waals surface area contributed by atoms with Gasteiger partial charge in [-0.25, -0.2) is 0 Å². The molecule has 0 aliphatic carbocycles. The van der Waals surface area contributed by atoms with E-state index in [-0.39, 0.29) is 0 Å². The van der Waals surface area contributed by atoms with E-state index in [2.05, 4.69) is 46.2 Å². The first kappa shape index (κ1) is 12.6. The molecule has 1 saturated heterocycles. The summed E-state index contributed by atoms with van der Waals surface area (Å²) in [7, 11) is 2.07. The average Bonchev–Trinajstić information content (AvgIpc) is 2.58. The van der Waals surface area contributed by atoms with Crippen molar-refractivity contribution in [2.75, 3.05) is 20.1 Å². The standard InChI is InChI=1S/C12H19BrN2S/c1-9-6-11(16-12(9)13)8-15-5-3-4-10(7-15)14-2/h6,10,14H,3-5,7-8H2,1-2H3. The monoisotopic (exact) mass is 302 g/mol. The summed E-state index contributed by atoms with van der Waals surface area (Å²) in [6.07, 6.45) is 2.64. The minimum Gasteiger partial charge on any atom is -0.316 e. The van der Waals surface area contributed by atoms with E-state index in [1.54, 1.807) is 0 Å². The highest BCUT2D eigenvalue weighted by Gasteiger charge is 2.18. The Kier molecular flexibility index (Phi) is 4.41. The van der Waals surface area contributed by atoms with E-state index < -0.39 is 0 Å². The van der Waals surface area contributed by atoms with E-state index in [1.807, 2.05) is 11.3 Å². The Morgan fingerprint density at radius 1 is 1.62 bits per heavy atom. The zero-order chi connectivity index (χ0) is 11.5. The molecule has 1 aliphatic rings. The number of thiophene rings is 1. The van der Waals surface area contributed by atoms with Crippen LogP contribution in [0.2, 0.25) is 0 Å². The molecule has 0 spiro atoms. The first-order valence-corrected chi connectivity index (χ1v) is 7.44. The fraction of sp³-hybridized carbons (Fsp3) is 0.667. The van der Waals surface area contributed by atoms with Gasteiger partial charge in [-0.3, -0.25) is 4.90 Å². The van der Waals surface area contributed by atoms with Crippen LogP contribution in [0.15, 0.2) is 9.85 Å². The highest BCUT2D eigenvalue weighted by Crippen LogP contribution is 2.28. The molecule has 0 radical (unpaired) electrons. The van der Waals surface area contributed by atoms with Gasteiger partial charge in [0, 0.05) is 24.0 Å². The minimum atomic E-state index is 0.679. The van der Waals surface area contributed by atoms with E-state index in [0.717, 1.165) is 6.54 Å². The van der Waals surface area contributed by atoms with Crippen LogP contribution in [0, 0.1) is 6.92 Å². The molecule has 1 unspecified atom stereocenters. The van der Waals surface area contributed by atoms with Crippen molar-refractivity contribution in [1.29, 1.82) is 0 Å². The van der Waals surface area contributed by atoms with Gasteiger partial charge in [0.25, 0.3) is 0 Å². The molecule has 90 valence electrons. The molecule has 0 bridgehead atoms. The van der Waals surface area contributed by atoms with Crippen molar-refractivity contribution in [2.45, 2.75) is 32.4 Å². The Morgan fingerprint density at radius 2 is 2.44 bits per heavy atom. The highest BCUT2D eigenvalue weighted by atomic mass is 79.9. The number of halogens is 1. The summed E-state index contributed by atoms with van der Waals surface area (Å²) in [6, 6.07) is 2.98. The Labute approximate surface area is 110 Å². The van der Waals surface area contributed by atoms with Crippen molar-refractivity contribution in [3.63, 3.8) is 0 Å². The Hall–Kier alpha value is 0.1000. The predicted molar refractivity (Wildman–Crippen MR) is 74.1 cm³/mol. The molecule has 0 aromatic carbocycles. The van der Waals surface area contributed by atoms with Crippen molar-refractivity contribution in [2.24, 2.45) is 0 Å². The second-order valence-corrected chi connectivity index (χ2v) is 6.99. The normalized spacial score (nSPS) is 22.6. The maximum absolute atomic E-state index is 3.59. The molecule has 2 rings (SSSR count). The van der Waals surface area contributed by atoms with Crippen molar-refractivity contribution in [3.05, 3.63) is 20.3 Å². The molecule has 0 amide bonds. The van der Waals surface area contributed by atoms with Crippen LogP contribution in [0.5, 0.6) is 0 Å². The van der Waals surface area contributed by atoms with Gasteiger partial charge in [-0.15, -0.1) is 11.3 Å². The van der Waals surface area contributed by atoms with E-state index in [9.17, 15) is 0 Å². The zero-order valence-electron chi connectivity index (χ0n) is 9.92. The van der Waals surface area contributed by atoms with E-state index in [1.165, 1.54) is 40.2 Å². The van der Waals surface area contributed by atoms with Crippen LogP contribution >= 0.6 is 27.3 Å². The number of aryl methyl sites for hydroxylation is 1. The fourth-order valence-corrected chi connectivity index (χ4v) is 3.93. The molecule has 2 nitrogen and oxygen atoms in total. The second-order valence-electron chi connectivity index (χ2n) is 4.53. The van der Waals surface area contributed by atoms with Gasteiger partial charge >= 0.3 is 0 Å². The maximum Gasteiger partial charge on any atom is 0.0730 e. The lowest BCUT2D eigenvalue weighted by molar-refractivity contribution is 0.189. The smallest absolute Gasteiger partial charge is 0.0730 e. The number of hydrogen-bond donors (Lipinski definition) is 1. The zero-order valence-corrected chi connectivity index (χ0v) is 12.3. The lowest BCUT2D eigenvalue weighted by Crippen LogP contribution is -2.43. The van der Waals surface area contributed by atoms with Crippen LogP contribution in [0.4, 0.5) is 0 Å². The molecule has 1 aromatic heterocycles. The molecule has 1 N–H and O–H groups in total. The topological polar surface area (TPSA) is 15.3 Å². The van der Waals surface area contributed by atoms with Crippen LogP contribution < -0.4 is 5.32 Å². The van der Waals surface area contributed by atoms with Crippen LogP contribution in [0.25, 0.3) is 0 Å². The number of likely N-dealkylation sites (N-methyl/N-ethyl adjacent to an activating group) is 1. The first-order valence-electron chi connectivity index (χ1n) is 5.83. The molecule has 0 saturated carbocycles. The molecule has 1 aromatic rings. The Balaban J connectivity index is 1.93. The van der Waals surface area contributed by atoms with Crippen LogP contribution in [0.3, 0.4) is 0 Å². The molecule has 2 heterocycles. The number of piperidine rings is 1. The molecular formula is C12H19BrN2S. The molecule has 1 fully saturated rings. The molecule has 1 aliphatic heterocycles. The highest BCUT2D eigenvalue weighted by molar-refractivity contribution is 9.11. The Bertz CT molecular complexity index is 331.